The highest BCUT2D eigenvalue weighted by Crippen LogP contribution is 2.23. The van der Waals surface area contributed by atoms with E-state index in [0.717, 1.165) is 84.2 Å². The standard InChI is InChI=1S/C59H114N4O8/c1-7-11-14-17-20-23-26-32-51-69-57(65)38-42-60(41-37-56(64)68-6)46-48-63(55-35-30-29-31-36-55)50-49-62(54(5)10-4)47-45-61(43-39-58(66)70-52-33-27-24-21-18-15-12-8-2)44-40-59(67)71-53-34-28-25-22-19-16-13-9-3/h54-55H,7-53H2,1-6H3. The van der Waals surface area contributed by atoms with E-state index in [1.807, 2.05) is 0 Å². The Balaban J connectivity index is 2.90. The SMILES string of the molecule is CCCCCCCCCCOC(=O)CCN(CCC(=O)OCCCCCCCCCC)CCN(CCN(CCN(CCC(=O)OC)CCC(=O)OCCCCCCCCCC)C1CCCCC1)C(C)CC. The summed E-state index contributed by atoms with van der Waals surface area (Å²) in [6.45, 7) is 20.0. The van der Waals surface area contributed by atoms with E-state index in [1.165, 1.54) is 155 Å². The van der Waals surface area contributed by atoms with Crippen LogP contribution in [0.3, 0.4) is 0 Å². The first kappa shape index (κ1) is 66.7. The van der Waals surface area contributed by atoms with Gasteiger partial charge in [0.2, 0.25) is 0 Å². The largest absolute Gasteiger partial charge is 0.469 e. The van der Waals surface area contributed by atoms with Gasteiger partial charge >= 0.3 is 23.9 Å². The Morgan fingerprint density at radius 3 is 1.10 bits per heavy atom. The fraction of sp³-hybridized carbons (Fsp3) is 0.932. The zero-order chi connectivity index (χ0) is 51.8. The topological polar surface area (TPSA) is 118 Å². The van der Waals surface area contributed by atoms with E-state index in [-0.39, 0.29) is 23.9 Å². The predicted molar refractivity (Wildman–Crippen MR) is 294 cm³/mol. The Labute approximate surface area is 437 Å². The van der Waals surface area contributed by atoms with Crippen molar-refractivity contribution in [1.82, 2.24) is 19.6 Å². The molecule has 1 fully saturated rings. The Morgan fingerprint density at radius 1 is 0.408 bits per heavy atom. The molecule has 1 saturated carbocycles. The van der Waals surface area contributed by atoms with Gasteiger partial charge in [-0.3, -0.25) is 29.0 Å². The number of esters is 4. The van der Waals surface area contributed by atoms with Crippen molar-refractivity contribution in [3.05, 3.63) is 0 Å². The van der Waals surface area contributed by atoms with E-state index in [4.69, 9.17) is 18.9 Å². The third kappa shape index (κ3) is 39.8. The van der Waals surface area contributed by atoms with E-state index < -0.39 is 0 Å². The van der Waals surface area contributed by atoms with Crippen molar-refractivity contribution in [1.29, 1.82) is 0 Å². The van der Waals surface area contributed by atoms with Gasteiger partial charge in [0.05, 0.1) is 52.6 Å². The predicted octanol–water partition coefficient (Wildman–Crippen LogP) is 13.1. The van der Waals surface area contributed by atoms with Crippen LogP contribution >= 0.6 is 0 Å². The number of hydrogen-bond donors (Lipinski definition) is 0. The molecule has 418 valence electrons. The van der Waals surface area contributed by atoms with E-state index >= 15 is 0 Å². The van der Waals surface area contributed by atoms with E-state index in [1.54, 1.807) is 0 Å². The third-order valence-corrected chi connectivity index (χ3v) is 14.9. The number of unbranched alkanes of at least 4 members (excludes halogenated alkanes) is 21. The lowest BCUT2D eigenvalue weighted by Gasteiger charge is -2.38. The van der Waals surface area contributed by atoms with Crippen molar-refractivity contribution in [2.45, 2.75) is 265 Å². The van der Waals surface area contributed by atoms with Crippen LogP contribution in [0.25, 0.3) is 0 Å². The van der Waals surface area contributed by atoms with Gasteiger partial charge in [0.25, 0.3) is 0 Å². The van der Waals surface area contributed by atoms with Crippen LogP contribution in [0.15, 0.2) is 0 Å². The molecule has 1 rings (SSSR count). The Hall–Kier alpha value is -2.28. The van der Waals surface area contributed by atoms with E-state index in [2.05, 4.69) is 54.2 Å². The van der Waals surface area contributed by atoms with Crippen molar-refractivity contribution < 1.29 is 38.1 Å². The Bertz CT molecular complexity index is 1210. The van der Waals surface area contributed by atoms with Gasteiger partial charge in [0, 0.05) is 77.5 Å². The minimum Gasteiger partial charge on any atom is -0.469 e. The molecular formula is C59H114N4O8. The fourth-order valence-electron chi connectivity index (χ4n) is 9.78. The van der Waals surface area contributed by atoms with Gasteiger partial charge < -0.3 is 28.7 Å². The minimum atomic E-state index is -0.235. The molecule has 12 heteroatoms. The summed E-state index contributed by atoms with van der Waals surface area (Å²) < 4.78 is 22.0. The first-order valence-electron chi connectivity index (χ1n) is 30.1. The highest BCUT2D eigenvalue weighted by molar-refractivity contribution is 5.70. The maximum Gasteiger partial charge on any atom is 0.307 e. The molecule has 0 radical (unpaired) electrons. The maximum atomic E-state index is 13.0. The summed E-state index contributed by atoms with van der Waals surface area (Å²) in [7, 11) is 1.43. The molecule has 71 heavy (non-hydrogen) atoms. The molecular weight excluding hydrogens is 893 g/mol. The van der Waals surface area contributed by atoms with Crippen LogP contribution in [0.2, 0.25) is 0 Å². The van der Waals surface area contributed by atoms with Crippen LogP contribution in [-0.2, 0) is 38.1 Å². The quantitative estimate of drug-likeness (QED) is 0.0328. The van der Waals surface area contributed by atoms with Crippen LogP contribution in [0.4, 0.5) is 0 Å². The molecule has 0 spiro atoms. The monoisotopic (exact) mass is 1010 g/mol. The van der Waals surface area contributed by atoms with Crippen molar-refractivity contribution in [2.24, 2.45) is 0 Å². The van der Waals surface area contributed by atoms with Gasteiger partial charge in [-0.1, -0.05) is 182 Å². The summed E-state index contributed by atoms with van der Waals surface area (Å²) >= 11 is 0. The summed E-state index contributed by atoms with van der Waals surface area (Å²) in [4.78, 5) is 60.9. The summed E-state index contributed by atoms with van der Waals surface area (Å²) in [5.74, 6) is -0.715. The second-order valence-corrected chi connectivity index (χ2v) is 21.0. The lowest BCUT2D eigenvalue weighted by atomic mass is 9.94. The molecule has 0 bridgehead atoms. The van der Waals surface area contributed by atoms with Crippen LogP contribution in [0, 0.1) is 0 Å². The van der Waals surface area contributed by atoms with Gasteiger partial charge in [-0.05, 0) is 45.4 Å². The zero-order valence-corrected chi connectivity index (χ0v) is 47.4. The van der Waals surface area contributed by atoms with Crippen LogP contribution in [-0.4, -0.2) is 148 Å². The molecule has 1 aliphatic carbocycles. The van der Waals surface area contributed by atoms with Crippen molar-refractivity contribution in [3.8, 4) is 0 Å². The second-order valence-electron chi connectivity index (χ2n) is 21.0. The number of nitrogens with zero attached hydrogens (tertiary/aromatic N) is 4. The van der Waals surface area contributed by atoms with Gasteiger partial charge in [0.15, 0.2) is 0 Å². The highest BCUT2D eigenvalue weighted by atomic mass is 16.5. The smallest absolute Gasteiger partial charge is 0.307 e. The summed E-state index contributed by atoms with van der Waals surface area (Å²) in [6.07, 6.45) is 37.3. The van der Waals surface area contributed by atoms with Gasteiger partial charge in [-0.15, -0.1) is 0 Å². The first-order valence-corrected chi connectivity index (χ1v) is 30.1. The Morgan fingerprint density at radius 2 is 0.732 bits per heavy atom. The number of ether oxygens (including phenoxy) is 4. The number of rotatable bonds is 51. The molecule has 0 N–H and O–H groups in total. The average molecular weight is 1010 g/mol. The summed E-state index contributed by atoms with van der Waals surface area (Å²) in [5, 5.41) is 0. The molecule has 0 aromatic heterocycles. The average Bonchev–Trinajstić information content (AvgIpc) is 3.38. The van der Waals surface area contributed by atoms with Crippen LogP contribution in [0.5, 0.6) is 0 Å². The van der Waals surface area contributed by atoms with E-state index in [0.29, 0.717) is 83.8 Å². The molecule has 12 nitrogen and oxygen atoms in total. The molecule has 1 aliphatic rings. The number of carbonyl (C=O) groups excluding carboxylic acids is 4. The van der Waals surface area contributed by atoms with Crippen molar-refractivity contribution >= 4 is 23.9 Å². The molecule has 0 amide bonds. The normalized spacial score (nSPS) is 13.7. The summed E-state index contributed by atoms with van der Waals surface area (Å²) in [6, 6.07) is 0.873. The summed E-state index contributed by atoms with van der Waals surface area (Å²) in [5.41, 5.74) is 0. The van der Waals surface area contributed by atoms with Crippen molar-refractivity contribution in [2.75, 3.05) is 92.4 Å². The number of carbonyl (C=O) groups is 4. The van der Waals surface area contributed by atoms with Crippen LogP contribution in [0.1, 0.15) is 253 Å². The van der Waals surface area contributed by atoms with Gasteiger partial charge in [-0.25, -0.2) is 0 Å². The zero-order valence-electron chi connectivity index (χ0n) is 47.4. The maximum absolute atomic E-state index is 13.0. The molecule has 0 heterocycles. The molecule has 1 atom stereocenters. The second kappa shape index (κ2) is 48.6. The molecule has 0 saturated heterocycles. The molecule has 0 aromatic rings. The van der Waals surface area contributed by atoms with Gasteiger partial charge in [-0.2, -0.15) is 0 Å². The highest BCUT2D eigenvalue weighted by Gasteiger charge is 2.24. The van der Waals surface area contributed by atoms with E-state index in [9.17, 15) is 19.2 Å². The first-order chi connectivity index (χ1) is 34.7. The molecule has 1 unspecified atom stereocenters. The fourth-order valence-corrected chi connectivity index (χ4v) is 9.78. The molecule has 0 aromatic carbocycles. The van der Waals surface area contributed by atoms with Crippen molar-refractivity contribution in [3.63, 3.8) is 0 Å². The lowest BCUT2D eigenvalue weighted by Crippen LogP contribution is -2.48. The number of hydrogen-bond acceptors (Lipinski definition) is 12. The van der Waals surface area contributed by atoms with Crippen LogP contribution < -0.4 is 0 Å². The minimum absolute atomic E-state index is 0.159. The Kier molecular flexibility index (Phi) is 45.7. The lowest BCUT2D eigenvalue weighted by molar-refractivity contribution is -0.145. The third-order valence-electron chi connectivity index (χ3n) is 14.9. The van der Waals surface area contributed by atoms with Gasteiger partial charge in [0.1, 0.15) is 0 Å². The molecule has 0 aliphatic heterocycles. The number of methoxy groups -OCH3 is 1.